The van der Waals surface area contributed by atoms with Crippen LogP contribution in [0.2, 0.25) is 0 Å². The molecule has 61 heavy (non-hydrogen) atoms. The van der Waals surface area contributed by atoms with Gasteiger partial charge in [-0.15, -0.1) is 0 Å². The maximum atomic E-state index is 15.0. The van der Waals surface area contributed by atoms with Crippen LogP contribution in [0.1, 0.15) is 86.0 Å². The predicted octanol–water partition coefficient (Wildman–Crippen LogP) is 5.11. The quantitative estimate of drug-likeness (QED) is 0.269. The average molecular weight is 878 g/mol. The van der Waals surface area contributed by atoms with Gasteiger partial charge in [0.15, 0.2) is 17.1 Å². The van der Waals surface area contributed by atoms with Crippen LogP contribution in [0.4, 0.5) is 18.0 Å². The van der Waals surface area contributed by atoms with Crippen LogP contribution in [-0.2, 0) is 29.1 Å². The van der Waals surface area contributed by atoms with Gasteiger partial charge < -0.3 is 34.5 Å². The van der Waals surface area contributed by atoms with Crippen molar-refractivity contribution in [3.8, 4) is 17.4 Å². The number of nitrogens with zero attached hydrogens (tertiary/aromatic N) is 2. The molecule has 4 heterocycles. The lowest BCUT2D eigenvalue weighted by molar-refractivity contribution is -0.152. The monoisotopic (exact) mass is 877 g/mol. The van der Waals surface area contributed by atoms with Crippen molar-refractivity contribution in [1.82, 2.24) is 25.2 Å². The van der Waals surface area contributed by atoms with Gasteiger partial charge in [0.05, 0.1) is 6.54 Å². The second kappa shape index (κ2) is 16.5. The summed E-state index contributed by atoms with van der Waals surface area (Å²) in [5, 5.41) is 6.58. The molecule has 19 heteroatoms. The summed E-state index contributed by atoms with van der Waals surface area (Å²) < 4.78 is 93.0. The van der Waals surface area contributed by atoms with Crippen LogP contribution >= 0.6 is 0 Å². The summed E-state index contributed by atoms with van der Waals surface area (Å²) in [5.41, 5.74) is -3.99. The van der Waals surface area contributed by atoms with Crippen molar-refractivity contribution in [2.24, 2.45) is 17.8 Å². The highest BCUT2D eigenvalue weighted by molar-refractivity contribution is 7.91. The summed E-state index contributed by atoms with van der Waals surface area (Å²) >= 11 is 0. The SMILES string of the molecule is CC[C@@H]1C[C@H](C)CC/C=C\[C@@H]2C[C@@]2(C(=O)NS(=O)(=O)C2(CF)CC2)NC(=O)[C@@H]2C[C@@H](Oc3nccc4c5c(ccc34)OCCO5)CN2C(=O)[C@H]1NC(=O)OC(C)(C)C(C)(F)F. The van der Waals surface area contributed by atoms with Crippen LogP contribution < -0.4 is 29.6 Å². The Labute approximate surface area is 352 Å². The van der Waals surface area contributed by atoms with E-state index in [0.717, 1.165) is 13.8 Å². The third kappa shape index (κ3) is 8.67. The number of nitrogens with one attached hydrogen (secondary N) is 3. The van der Waals surface area contributed by atoms with E-state index in [1.807, 2.05) is 19.9 Å². The van der Waals surface area contributed by atoms with E-state index in [0.29, 0.717) is 68.1 Å². The highest BCUT2D eigenvalue weighted by atomic mass is 32.2. The summed E-state index contributed by atoms with van der Waals surface area (Å²) in [5.74, 6) is -5.91. The van der Waals surface area contributed by atoms with E-state index < -0.39 is 92.3 Å². The Morgan fingerprint density at radius 2 is 1.82 bits per heavy atom. The Kier molecular flexibility index (Phi) is 12.0. The largest absolute Gasteiger partial charge is 0.486 e. The molecular formula is C42H54F3N5O10S. The summed E-state index contributed by atoms with van der Waals surface area (Å²) in [6, 6.07) is 2.54. The van der Waals surface area contributed by atoms with Gasteiger partial charge >= 0.3 is 6.09 Å². The van der Waals surface area contributed by atoms with Crippen LogP contribution in [0.3, 0.4) is 0 Å². The zero-order valence-electron chi connectivity index (χ0n) is 34.9. The number of halogens is 3. The number of hydrogen-bond donors (Lipinski definition) is 3. The van der Waals surface area contributed by atoms with E-state index in [1.165, 1.54) is 11.1 Å². The lowest BCUT2D eigenvalue weighted by Crippen LogP contribution is -2.60. The number of hydrogen-bond acceptors (Lipinski definition) is 11. The minimum Gasteiger partial charge on any atom is -0.486 e. The van der Waals surface area contributed by atoms with Gasteiger partial charge in [-0.3, -0.25) is 19.1 Å². The molecule has 4 amide bonds. The molecule has 1 aromatic carbocycles. The second-order valence-corrected chi connectivity index (χ2v) is 19.8. The van der Waals surface area contributed by atoms with Crippen molar-refractivity contribution in [3.05, 3.63) is 36.5 Å². The third-order valence-electron chi connectivity index (χ3n) is 13.0. The van der Waals surface area contributed by atoms with Crippen molar-refractivity contribution in [3.63, 3.8) is 0 Å². The fraction of sp³-hybridized carbons (Fsp3) is 0.643. The standard InChI is InChI=1S/C42H54F3N5O10S/c1-6-25-19-24(2)9-7-8-10-26-21-42(26,37(53)49-61(55,56)41(23-43)14-15-41)48-34(51)30-20-27(22-50(30)36(52)32(25)47-38(54)60-39(3,4)40(5,44)45)59-35-29-11-12-31-33(58-18-17-57-31)28(29)13-16-46-35/h8,10-13,16,24-27,30,32H,6-7,9,14-15,17-23H2,1-5H3,(H,47,54)(H,48,51)(H,49,53)/b10-8-/t24-,25-,26-,27-,30+,32+,42-/m1/s1. The topological polar surface area (TPSA) is 192 Å². The Morgan fingerprint density at radius 3 is 2.51 bits per heavy atom. The maximum absolute atomic E-state index is 15.0. The van der Waals surface area contributed by atoms with Crippen molar-refractivity contribution < 1.29 is 59.7 Å². The van der Waals surface area contributed by atoms with Gasteiger partial charge in [0.25, 0.3) is 11.8 Å². The van der Waals surface area contributed by atoms with Crippen molar-refractivity contribution >= 4 is 44.6 Å². The van der Waals surface area contributed by atoms with Crippen molar-refractivity contribution in [2.45, 2.75) is 126 Å². The molecule has 0 bridgehead atoms. The molecule has 0 radical (unpaired) electrons. The summed E-state index contributed by atoms with van der Waals surface area (Å²) in [6.07, 6.45) is 4.97. The molecule has 2 aromatic rings. The van der Waals surface area contributed by atoms with Gasteiger partial charge in [0, 0.05) is 36.2 Å². The first-order valence-electron chi connectivity index (χ1n) is 20.9. The first-order chi connectivity index (χ1) is 28.7. The van der Waals surface area contributed by atoms with E-state index in [1.54, 1.807) is 24.3 Å². The number of sulfonamides is 1. The zero-order chi connectivity index (χ0) is 44.1. The van der Waals surface area contributed by atoms with Gasteiger partial charge in [-0.05, 0) is 82.4 Å². The van der Waals surface area contributed by atoms with E-state index in [2.05, 4.69) is 20.3 Å². The van der Waals surface area contributed by atoms with E-state index >= 15 is 4.79 Å². The number of benzene rings is 1. The molecule has 334 valence electrons. The fourth-order valence-corrected chi connectivity index (χ4v) is 9.86. The zero-order valence-corrected chi connectivity index (χ0v) is 35.7. The number of alkyl halides is 3. The Hall–Kier alpha value is -4.81. The molecule has 3 aliphatic heterocycles. The second-order valence-electron chi connectivity index (χ2n) is 17.7. The number of pyridine rings is 1. The molecular weight excluding hydrogens is 824 g/mol. The third-order valence-corrected chi connectivity index (χ3v) is 15.1. The molecule has 7 atom stereocenters. The van der Waals surface area contributed by atoms with Gasteiger partial charge in [-0.25, -0.2) is 31.4 Å². The molecule has 2 aliphatic carbocycles. The summed E-state index contributed by atoms with van der Waals surface area (Å²) in [6.45, 7) is 5.88. The molecule has 0 spiro atoms. The number of ether oxygens (including phenoxy) is 4. The first kappa shape index (κ1) is 44.3. The summed E-state index contributed by atoms with van der Waals surface area (Å²) in [7, 11) is -4.45. The van der Waals surface area contributed by atoms with Crippen LogP contribution in [0.5, 0.6) is 17.4 Å². The number of amides is 4. The smallest absolute Gasteiger partial charge is 0.408 e. The van der Waals surface area contributed by atoms with Gasteiger partial charge in [0.2, 0.25) is 27.7 Å². The molecule has 15 nitrogen and oxygen atoms in total. The first-order valence-corrected chi connectivity index (χ1v) is 22.4. The predicted molar refractivity (Wildman–Crippen MR) is 215 cm³/mol. The van der Waals surface area contributed by atoms with Gasteiger partial charge in [-0.2, -0.15) is 0 Å². The number of aromatic nitrogens is 1. The number of alkyl carbamates (subject to hydrolysis) is 1. The van der Waals surface area contributed by atoms with Crippen LogP contribution in [-0.4, -0.2) is 109 Å². The molecule has 2 saturated carbocycles. The molecule has 0 unspecified atom stereocenters. The fourth-order valence-electron chi connectivity index (χ4n) is 8.44. The van der Waals surface area contributed by atoms with E-state index in [9.17, 15) is 36.0 Å². The molecule has 1 aromatic heterocycles. The van der Waals surface area contributed by atoms with Gasteiger partial charge in [0.1, 0.15) is 48.4 Å². The Bertz CT molecular complexity index is 2200. The summed E-state index contributed by atoms with van der Waals surface area (Å²) in [4.78, 5) is 62.8. The van der Waals surface area contributed by atoms with Crippen LogP contribution in [0.15, 0.2) is 36.5 Å². The highest BCUT2D eigenvalue weighted by Gasteiger charge is 2.64. The Morgan fingerprint density at radius 1 is 1.08 bits per heavy atom. The normalized spacial score (nSPS) is 29.5. The molecule has 3 N–H and O–H groups in total. The minimum absolute atomic E-state index is 0.0140. The average Bonchev–Trinajstić information content (AvgIpc) is 4.11. The number of carbonyl (C=O) groups is 4. The number of allylic oxidation sites excluding steroid dienone is 1. The van der Waals surface area contributed by atoms with Crippen LogP contribution in [0, 0.1) is 17.8 Å². The molecule has 3 fully saturated rings. The van der Waals surface area contributed by atoms with Crippen LogP contribution in [0.25, 0.3) is 10.8 Å². The lowest BCUT2D eigenvalue weighted by atomic mass is 9.85. The van der Waals surface area contributed by atoms with E-state index in [-0.39, 0.29) is 44.0 Å². The number of carbonyl (C=O) groups excluding carboxylic acids is 4. The highest BCUT2D eigenvalue weighted by Crippen LogP contribution is 2.48. The molecule has 7 rings (SSSR count). The van der Waals surface area contributed by atoms with Gasteiger partial charge in [-0.1, -0.05) is 32.4 Å². The lowest BCUT2D eigenvalue weighted by Gasteiger charge is -2.35. The minimum atomic E-state index is -4.45. The molecule has 1 saturated heterocycles. The Balaban J connectivity index is 1.24. The maximum Gasteiger partial charge on any atom is 0.408 e. The number of rotatable bonds is 10. The van der Waals surface area contributed by atoms with E-state index in [4.69, 9.17) is 18.9 Å². The van der Waals surface area contributed by atoms with Crippen molar-refractivity contribution in [1.29, 1.82) is 0 Å². The van der Waals surface area contributed by atoms with Crippen molar-refractivity contribution in [2.75, 3.05) is 26.4 Å². The number of fused-ring (bicyclic) bond motifs is 5. The molecule has 5 aliphatic rings.